The number of nitrogens with zero attached hydrogens (tertiary/aromatic N) is 1. The van der Waals surface area contributed by atoms with Crippen LogP contribution in [0.3, 0.4) is 0 Å². The van der Waals surface area contributed by atoms with E-state index < -0.39 is 0 Å². The quantitative estimate of drug-likeness (QED) is 0.864. The molecule has 1 saturated heterocycles. The molecule has 4 heteroatoms. The number of benzene rings is 1. The Morgan fingerprint density at radius 1 is 1.18 bits per heavy atom. The lowest BCUT2D eigenvalue weighted by Gasteiger charge is -2.24. The maximum absolute atomic E-state index is 12.1. The highest BCUT2D eigenvalue weighted by Gasteiger charge is 2.21. The summed E-state index contributed by atoms with van der Waals surface area (Å²) in [5, 5.41) is 11.7. The molecule has 0 bridgehead atoms. The molecule has 2 rings (SSSR count). The first-order chi connectivity index (χ1) is 10.3. The summed E-state index contributed by atoms with van der Waals surface area (Å²) in [6, 6.07) is 3.95. The fourth-order valence-corrected chi connectivity index (χ4v) is 2.66. The van der Waals surface area contributed by atoms with Crippen LogP contribution in [0.2, 0.25) is 0 Å². The lowest BCUT2D eigenvalue weighted by molar-refractivity contribution is -0.180. The van der Waals surface area contributed by atoms with Gasteiger partial charge in [0.15, 0.2) is 0 Å². The van der Waals surface area contributed by atoms with E-state index in [0.29, 0.717) is 18.8 Å². The second-order valence-corrected chi connectivity index (χ2v) is 6.41. The molecule has 0 atom stereocenters. The van der Waals surface area contributed by atoms with Gasteiger partial charge in [-0.25, -0.2) is 5.06 Å². The zero-order valence-corrected chi connectivity index (χ0v) is 14.0. The molecule has 0 aliphatic carbocycles. The van der Waals surface area contributed by atoms with E-state index in [0.717, 1.165) is 22.3 Å². The van der Waals surface area contributed by atoms with Crippen molar-refractivity contribution in [1.29, 1.82) is 0 Å². The summed E-state index contributed by atoms with van der Waals surface area (Å²) in [6.45, 7) is 8.75. The first kappa shape index (κ1) is 16.6. The molecule has 0 spiro atoms. The predicted molar refractivity (Wildman–Crippen MR) is 87.6 cm³/mol. The summed E-state index contributed by atoms with van der Waals surface area (Å²) in [5.41, 5.74) is 3.55. The Morgan fingerprint density at radius 3 is 2.23 bits per heavy atom. The molecule has 120 valence electrons. The molecule has 0 unspecified atom stereocenters. The maximum atomic E-state index is 12.1. The van der Waals surface area contributed by atoms with Gasteiger partial charge in [0.2, 0.25) is 0 Å². The van der Waals surface area contributed by atoms with Crippen LogP contribution in [0.1, 0.15) is 62.6 Å². The van der Waals surface area contributed by atoms with Gasteiger partial charge < -0.3 is 5.11 Å². The summed E-state index contributed by atoms with van der Waals surface area (Å²) < 4.78 is 0. The van der Waals surface area contributed by atoms with Crippen molar-refractivity contribution in [3.8, 4) is 5.75 Å². The Morgan fingerprint density at radius 2 is 1.73 bits per heavy atom. The number of amides is 1. The average molecular weight is 303 g/mol. The number of phenols is 1. The lowest BCUT2D eigenvalue weighted by Crippen LogP contribution is -2.33. The topological polar surface area (TPSA) is 49.8 Å². The van der Waals surface area contributed by atoms with Crippen LogP contribution in [0.15, 0.2) is 17.7 Å². The van der Waals surface area contributed by atoms with Gasteiger partial charge in [-0.3, -0.25) is 9.63 Å². The smallest absolute Gasteiger partial charge is 0.273 e. The molecular formula is C18H25NO3. The second kappa shape index (κ2) is 6.53. The minimum Gasteiger partial charge on any atom is -0.507 e. The van der Waals surface area contributed by atoms with Gasteiger partial charge in [-0.2, -0.15) is 0 Å². The highest BCUT2D eigenvalue weighted by Crippen LogP contribution is 2.35. The van der Waals surface area contributed by atoms with Crippen LogP contribution >= 0.6 is 0 Å². The molecule has 1 amide bonds. The first-order valence-corrected chi connectivity index (χ1v) is 7.79. The monoisotopic (exact) mass is 303 g/mol. The number of hydroxylamine groups is 2. The Balaban J connectivity index is 2.49. The highest BCUT2D eigenvalue weighted by atomic mass is 16.7. The average Bonchev–Trinajstić information content (AvgIpc) is 2.44. The summed E-state index contributed by atoms with van der Waals surface area (Å²) >= 11 is 0. The van der Waals surface area contributed by atoms with E-state index in [1.807, 2.05) is 18.2 Å². The second-order valence-electron chi connectivity index (χ2n) is 6.41. The molecule has 1 fully saturated rings. The van der Waals surface area contributed by atoms with Crippen molar-refractivity contribution in [1.82, 2.24) is 5.06 Å². The van der Waals surface area contributed by atoms with Crippen LogP contribution in [0.4, 0.5) is 0 Å². The third-order valence-electron chi connectivity index (χ3n) is 3.99. The van der Waals surface area contributed by atoms with E-state index in [2.05, 4.69) is 27.7 Å². The molecular weight excluding hydrogens is 278 g/mol. The Kier molecular flexibility index (Phi) is 4.91. The fraction of sp³-hybridized carbons (Fsp3) is 0.500. The standard InChI is InChI=1S/C18H25NO3/c1-11(2)15-9-13(10-16(12(3)4)17(15)20)8-14-6-7-22-19(5)18(14)21/h8-12,20H,6-7H2,1-5H3. The number of phenolic OH excluding ortho intramolecular Hbond substituents is 1. The Bertz CT molecular complexity index is 573. The predicted octanol–water partition coefficient (Wildman–Crippen LogP) is 3.82. The number of likely N-dealkylation sites (N-methyl/N-ethyl adjacent to an activating group) is 1. The molecule has 1 aliphatic rings. The molecule has 4 nitrogen and oxygen atoms in total. The third kappa shape index (κ3) is 3.33. The molecule has 22 heavy (non-hydrogen) atoms. The molecule has 1 aromatic rings. The number of carbonyl (C=O) groups is 1. The zero-order valence-electron chi connectivity index (χ0n) is 14.0. The van der Waals surface area contributed by atoms with Crippen molar-refractivity contribution in [3.05, 3.63) is 34.4 Å². The van der Waals surface area contributed by atoms with Gasteiger partial charge in [-0.05, 0) is 46.7 Å². The van der Waals surface area contributed by atoms with Crippen LogP contribution < -0.4 is 0 Å². The minimum absolute atomic E-state index is 0.100. The molecule has 1 N–H and O–H groups in total. The van der Waals surface area contributed by atoms with Gasteiger partial charge >= 0.3 is 0 Å². The SMILES string of the molecule is CC(C)c1cc(C=C2CCON(C)C2=O)cc(C(C)C)c1O. The van der Waals surface area contributed by atoms with Gasteiger partial charge in [-0.1, -0.05) is 27.7 Å². The molecule has 1 heterocycles. The number of hydrogen-bond acceptors (Lipinski definition) is 3. The van der Waals surface area contributed by atoms with Crippen molar-refractivity contribution in [2.75, 3.05) is 13.7 Å². The lowest BCUT2D eigenvalue weighted by atomic mass is 9.90. The van der Waals surface area contributed by atoms with Crippen LogP contribution in [0.25, 0.3) is 6.08 Å². The van der Waals surface area contributed by atoms with Crippen molar-refractivity contribution in [2.45, 2.75) is 46.0 Å². The van der Waals surface area contributed by atoms with E-state index in [1.54, 1.807) is 7.05 Å². The van der Waals surface area contributed by atoms with Crippen molar-refractivity contribution < 1.29 is 14.7 Å². The van der Waals surface area contributed by atoms with Gasteiger partial charge in [0.1, 0.15) is 5.75 Å². The van der Waals surface area contributed by atoms with Crippen LogP contribution in [0.5, 0.6) is 5.75 Å². The minimum atomic E-state index is -0.100. The number of carbonyl (C=O) groups excluding carboxylic acids is 1. The number of rotatable bonds is 3. The number of aromatic hydroxyl groups is 1. The molecule has 0 radical (unpaired) electrons. The van der Waals surface area contributed by atoms with Gasteiger partial charge in [0.25, 0.3) is 5.91 Å². The summed E-state index contributed by atoms with van der Waals surface area (Å²) in [5.74, 6) is 0.729. The fourth-order valence-electron chi connectivity index (χ4n) is 2.66. The maximum Gasteiger partial charge on any atom is 0.273 e. The molecule has 1 aliphatic heterocycles. The van der Waals surface area contributed by atoms with Crippen LogP contribution in [0, 0.1) is 0 Å². The van der Waals surface area contributed by atoms with E-state index in [4.69, 9.17) is 4.84 Å². The zero-order chi connectivity index (χ0) is 16.4. The first-order valence-electron chi connectivity index (χ1n) is 7.79. The van der Waals surface area contributed by atoms with Crippen LogP contribution in [-0.4, -0.2) is 29.7 Å². The van der Waals surface area contributed by atoms with Crippen molar-refractivity contribution >= 4 is 12.0 Å². The van der Waals surface area contributed by atoms with Crippen molar-refractivity contribution in [2.24, 2.45) is 0 Å². The largest absolute Gasteiger partial charge is 0.507 e. The van der Waals surface area contributed by atoms with Crippen LogP contribution in [-0.2, 0) is 9.63 Å². The van der Waals surface area contributed by atoms with Gasteiger partial charge in [0.05, 0.1) is 6.61 Å². The van der Waals surface area contributed by atoms with E-state index >= 15 is 0 Å². The van der Waals surface area contributed by atoms with E-state index in [9.17, 15) is 9.90 Å². The summed E-state index contributed by atoms with van der Waals surface area (Å²) in [4.78, 5) is 17.3. The van der Waals surface area contributed by atoms with E-state index in [-0.39, 0.29) is 17.7 Å². The summed E-state index contributed by atoms with van der Waals surface area (Å²) in [7, 11) is 1.63. The third-order valence-corrected chi connectivity index (χ3v) is 3.99. The highest BCUT2D eigenvalue weighted by molar-refractivity contribution is 5.97. The molecule has 0 saturated carbocycles. The van der Waals surface area contributed by atoms with E-state index in [1.165, 1.54) is 5.06 Å². The van der Waals surface area contributed by atoms with Gasteiger partial charge in [0, 0.05) is 19.0 Å². The Hall–Kier alpha value is -1.81. The summed E-state index contributed by atoms with van der Waals surface area (Å²) in [6.07, 6.45) is 2.52. The number of hydrogen-bond donors (Lipinski definition) is 1. The molecule has 1 aromatic carbocycles. The Labute approximate surface area is 132 Å². The van der Waals surface area contributed by atoms with Crippen molar-refractivity contribution in [3.63, 3.8) is 0 Å². The normalized spacial score (nSPS) is 17.9. The molecule has 0 aromatic heterocycles. The van der Waals surface area contributed by atoms with Gasteiger partial charge in [-0.15, -0.1) is 0 Å².